The second-order valence-electron chi connectivity index (χ2n) is 4.52. The molecule has 1 fully saturated rings. The molecule has 1 saturated heterocycles. The fourth-order valence-corrected chi connectivity index (χ4v) is 2.07. The summed E-state index contributed by atoms with van der Waals surface area (Å²) < 4.78 is 5.74. The summed E-state index contributed by atoms with van der Waals surface area (Å²) in [5, 5.41) is 9.81. The molecule has 0 amide bonds. The van der Waals surface area contributed by atoms with E-state index in [9.17, 15) is 5.11 Å². The molecule has 0 bridgehead atoms. The smallest absolute Gasteiger partial charge is 0.0828 e. The first kappa shape index (κ1) is 11.0. The molecule has 2 nitrogen and oxygen atoms in total. The molecular weight excluding hydrogens is 164 g/mol. The average Bonchev–Trinajstić information content (AvgIpc) is 2.09. The van der Waals surface area contributed by atoms with Gasteiger partial charge in [-0.05, 0) is 25.2 Å². The molecule has 4 unspecified atom stereocenters. The Bertz CT molecular complexity index is 156. The molecule has 2 heteroatoms. The molecule has 0 aromatic heterocycles. The highest BCUT2D eigenvalue weighted by Gasteiger charge is 2.34. The van der Waals surface area contributed by atoms with E-state index < -0.39 is 0 Å². The highest BCUT2D eigenvalue weighted by molar-refractivity contribution is 4.83. The van der Waals surface area contributed by atoms with Crippen LogP contribution >= 0.6 is 0 Å². The van der Waals surface area contributed by atoms with Gasteiger partial charge in [-0.2, -0.15) is 0 Å². The van der Waals surface area contributed by atoms with Crippen LogP contribution in [0.1, 0.15) is 40.5 Å². The maximum atomic E-state index is 9.81. The van der Waals surface area contributed by atoms with Crippen LogP contribution in [0, 0.1) is 11.8 Å². The fourth-order valence-electron chi connectivity index (χ4n) is 2.07. The molecule has 0 radical (unpaired) electrons. The van der Waals surface area contributed by atoms with Crippen molar-refractivity contribution in [2.45, 2.75) is 58.8 Å². The van der Waals surface area contributed by atoms with Gasteiger partial charge >= 0.3 is 0 Å². The van der Waals surface area contributed by atoms with Crippen molar-refractivity contribution in [2.75, 3.05) is 0 Å². The van der Waals surface area contributed by atoms with E-state index in [1.54, 1.807) is 0 Å². The predicted molar refractivity (Wildman–Crippen MR) is 53.6 cm³/mol. The van der Waals surface area contributed by atoms with E-state index in [1.807, 2.05) is 6.92 Å². The van der Waals surface area contributed by atoms with Gasteiger partial charge < -0.3 is 9.84 Å². The summed E-state index contributed by atoms with van der Waals surface area (Å²) in [6, 6.07) is 0. The second-order valence-corrected chi connectivity index (χ2v) is 4.52. The Kier molecular flexibility index (Phi) is 3.74. The summed E-state index contributed by atoms with van der Waals surface area (Å²) in [5.74, 6) is 0.986. The molecule has 4 atom stereocenters. The summed E-state index contributed by atoms with van der Waals surface area (Å²) in [7, 11) is 0. The second kappa shape index (κ2) is 4.43. The molecule has 0 aliphatic carbocycles. The Labute approximate surface area is 81.3 Å². The SMILES string of the molecule is CCC1CC(C(C)C)OC(C)C1O. The minimum Gasteiger partial charge on any atom is -0.390 e. The monoisotopic (exact) mass is 186 g/mol. The molecule has 1 aliphatic heterocycles. The van der Waals surface area contributed by atoms with Crippen LogP contribution in [-0.4, -0.2) is 23.4 Å². The molecule has 0 aromatic carbocycles. The number of aliphatic hydroxyl groups is 1. The zero-order chi connectivity index (χ0) is 10.0. The lowest BCUT2D eigenvalue weighted by Crippen LogP contribution is -2.44. The number of rotatable bonds is 2. The summed E-state index contributed by atoms with van der Waals surface area (Å²) in [4.78, 5) is 0. The van der Waals surface area contributed by atoms with Crippen molar-refractivity contribution in [3.05, 3.63) is 0 Å². The van der Waals surface area contributed by atoms with Gasteiger partial charge in [0, 0.05) is 0 Å². The van der Waals surface area contributed by atoms with Crippen molar-refractivity contribution in [3.8, 4) is 0 Å². The molecule has 0 saturated carbocycles. The standard InChI is InChI=1S/C11H22O2/c1-5-9-6-10(7(2)3)13-8(4)11(9)12/h7-12H,5-6H2,1-4H3. The molecule has 1 aliphatic rings. The van der Waals surface area contributed by atoms with E-state index in [1.165, 1.54) is 0 Å². The van der Waals surface area contributed by atoms with Crippen molar-refractivity contribution in [1.82, 2.24) is 0 Å². The van der Waals surface area contributed by atoms with Gasteiger partial charge in [-0.25, -0.2) is 0 Å². The molecular formula is C11H22O2. The topological polar surface area (TPSA) is 29.5 Å². The molecule has 1 rings (SSSR count). The summed E-state index contributed by atoms with van der Waals surface area (Å²) in [6.07, 6.45) is 2.15. The van der Waals surface area contributed by atoms with Crippen LogP contribution in [0.3, 0.4) is 0 Å². The van der Waals surface area contributed by atoms with Crippen molar-refractivity contribution >= 4 is 0 Å². The van der Waals surface area contributed by atoms with Gasteiger partial charge in [0.2, 0.25) is 0 Å². The van der Waals surface area contributed by atoms with Gasteiger partial charge in [-0.3, -0.25) is 0 Å². The number of hydrogen-bond donors (Lipinski definition) is 1. The molecule has 0 aromatic rings. The summed E-state index contributed by atoms with van der Waals surface area (Å²) in [5.41, 5.74) is 0. The maximum Gasteiger partial charge on any atom is 0.0828 e. The Morgan fingerprint density at radius 1 is 1.46 bits per heavy atom. The van der Waals surface area contributed by atoms with Crippen LogP contribution in [0.2, 0.25) is 0 Å². The number of aliphatic hydroxyl groups excluding tert-OH is 1. The third-order valence-electron chi connectivity index (χ3n) is 3.16. The first-order chi connectivity index (χ1) is 6.06. The van der Waals surface area contributed by atoms with Crippen LogP contribution in [0.4, 0.5) is 0 Å². The van der Waals surface area contributed by atoms with Gasteiger partial charge in [0.1, 0.15) is 0 Å². The lowest BCUT2D eigenvalue weighted by Gasteiger charge is -2.39. The first-order valence-corrected chi connectivity index (χ1v) is 5.39. The van der Waals surface area contributed by atoms with Crippen molar-refractivity contribution < 1.29 is 9.84 Å². The Balaban J connectivity index is 2.58. The molecule has 1 N–H and O–H groups in total. The molecule has 13 heavy (non-hydrogen) atoms. The van der Waals surface area contributed by atoms with Gasteiger partial charge in [-0.1, -0.05) is 27.2 Å². The van der Waals surface area contributed by atoms with E-state index in [-0.39, 0.29) is 12.2 Å². The minimum atomic E-state index is -0.264. The highest BCUT2D eigenvalue weighted by atomic mass is 16.5. The van der Waals surface area contributed by atoms with E-state index in [0.29, 0.717) is 17.9 Å². The normalized spacial score (nSPS) is 41.1. The summed E-state index contributed by atoms with van der Waals surface area (Å²) >= 11 is 0. The molecule has 0 spiro atoms. The largest absolute Gasteiger partial charge is 0.390 e. The fraction of sp³-hybridized carbons (Fsp3) is 1.00. The van der Waals surface area contributed by atoms with E-state index in [2.05, 4.69) is 20.8 Å². The average molecular weight is 186 g/mol. The Morgan fingerprint density at radius 2 is 2.08 bits per heavy atom. The number of ether oxygens (including phenoxy) is 1. The van der Waals surface area contributed by atoms with Gasteiger partial charge in [0.15, 0.2) is 0 Å². The van der Waals surface area contributed by atoms with Crippen molar-refractivity contribution in [1.29, 1.82) is 0 Å². The van der Waals surface area contributed by atoms with Gasteiger partial charge in [0.25, 0.3) is 0 Å². The van der Waals surface area contributed by atoms with Crippen LogP contribution in [0.5, 0.6) is 0 Å². The van der Waals surface area contributed by atoms with E-state index in [0.717, 1.165) is 12.8 Å². The van der Waals surface area contributed by atoms with E-state index >= 15 is 0 Å². The van der Waals surface area contributed by atoms with Crippen LogP contribution in [0.15, 0.2) is 0 Å². The quantitative estimate of drug-likeness (QED) is 0.716. The van der Waals surface area contributed by atoms with E-state index in [4.69, 9.17) is 4.74 Å². The summed E-state index contributed by atoms with van der Waals surface area (Å²) in [6.45, 7) is 8.48. The van der Waals surface area contributed by atoms with Crippen LogP contribution < -0.4 is 0 Å². The maximum absolute atomic E-state index is 9.81. The minimum absolute atomic E-state index is 0.00565. The highest BCUT2D eigenvalue weighted by Crippen LogP contribution is 2.30. The molecule has 1 heterocycles. The lowest BCUT2D eigenvalue weighted by atomic mass is 9.84. The first-order valence-electron chi connectivity index (χ1n) is 5.39. The van der Waals surface area contributed by atoms with Gasteiger partial charge in [0.05, 0.1) is 18.3 Å². The van der Waals surface area contributed by atoms with Crippen LogP contribution in [0.25, 0.3) is 0 Å². The van der Waals surface area contributed by atoms with Crippen LogP contribution in [-0.2, 0) is 4.74 Å². The number of hydrogen-bond acceptors (Lipinski definition) is 2. The Hall–Kier alpha value is -0.0800. The third-order valence-corrected chi connectivity index (χ3v) is 3.16. The zero-order valence-corrected chi connectivity index (χ0v) is 9.16. The van der Waals surface area contributed by atoms with Crippen molar-refractivity contribution in [2.24, 2.45) is 11.8 Å². The van der Waals surface area contributed by atoms with Gasteiger partial charge in [-0.15, -0.1) is 0 Å². The third kappa shape index (κ3) is 2.44. The predicted octanol–water partition coefficient (Wildman–Crippen LogP) is 2.21. The molecule has 78 valence electrons. The zero-order valence-electron chi connectivity index (χ0n) is 9.16. The Morgan fingerprint density at radius 3 is 2.54 bits per heavy atom. The van der Waals surface area contributed by atoms with Crippen molar-refractivity contribution in [3.63, 3.8) is 0 Å². The lowest BCUT2D eigenvalue weighted by molar-refractivity contribution is -0.149.